The van der Waals surface area contributed by atoms with E-state index in [0.717, 1.165) is 18.4 Å². The number of carbonyl (C=O) groups excluding carboxylic acids is 1. The van der Waals surface area contributed by atoms with E-state index in [1.54, 1.807) is 0 Å². The second kappa shape index (κ2) is 9.11. The smallest absolute Gasteiger partial charge is 0.381 e. The van der Waals surface area contributed by atoms with Crippen LogP contribution in [0.3, 0.4) is 0 Å². The summed E-state index contributed by atoms with van der Waals surface area (Å²) in [6.07, 6.45) is -2.56. The molecule has 1 aliphatic carbocycles. The summed E-state index contributed by atoms with van der Waals surface area (Å²) < 4.78 is 82.1. The fourth-order valence-corrected chi connectivity index (χ4v) is 6.08. The van der Waals surface area contributed by atoms with Gasteiger partial charge in [-0.25, -0.2) is 17.5 Å². The molecule has 2 bridgehead atoms. The van der Waals surface area contributed by atoms with Crippen LogP contribution in [0.1, 0.15) is 37.8 Å². The number of rotatable bonds is 6. The highest BCUT2D eigenvalue weighted by Gasteiger charge is 2.54. The first-order chi connectivity index (χ1) is 16.6. The summed E-state index contributed by atoms with van der Waals surface area (Å²) in [4.78, 5) is 14.6. The number of sulfonamides is 1. The van der Waals surface area contributed by atoms with Gasteiger partial charge < -0.3 is 10.0 Å². The first-order valence-corrected chi connectivity index (χ1v) is 13.4. The monoisotopic (exact) mass is 528 g/mol. The Kier molecular flexibility index (Phi) is 6.72. The number of nitrogens with zero attached hydrogens (tertiary/aromatic N) is 1. The Labute approximate surface area is 207 Å². The topological polar surface area (TPSA) is 86.7 Å². The molecular weight excluding hydrogens is 500 g/mol. The van der Waals surface area contributed by atoms with Crippen molar-refractivity contribution in [3.8, 4) is 11.1 Å². The van der Waals surface area contributed by atoms with E-state index in [4.69, 9.17) is 0 Å². The Morgan fingerprint density at radius 1 is 1.14 bits per heavy atom. The Balaban J connectivity index is 1.74. The van der Waals surface area contributed by atoms with E-state index in [9.17, 15) is 31.5 Å². The number of hydrogen-bond acceptors (Lipinski definition) is 4. The standard InChI is InChI=1S/C25H28F4N2O4S/c1-24(2,33)23(32)31-18-11-16(12-18)22(30-36(3,34)35)20(31)13-15-7-5-9-19(21(15)26)14-6-4-8-17(10-14)25(27,28)29/h4-10,16,18,20,22,30,33H,11-13H2,1-3H3/t16?,18?,20-,22-/m0/s1. The molecule has 11 heteroatoms. The number of nitrogens with one attached hydrogen (secondary N) is 1. The van der Waals surface area contributed by atoms with E-state index < -0.39 is 51.2 Å². The van der Waals surface area contributed by atoms with Gasteiger partial charge in [0, 0.05) is 17.6 Å². The molecule has 0 aromatic heterocycles. The van der Waals surface area contributed by atoms with Gasteiger partial charge in [-0.3, -0.25) is 4.79 Å². The van der Waals surface area contributed by atoms with Crippen LogP contribution in [0.4, 0.5) is 17.6 Å². The molecule has 36 heavy (non-hydrogen) atoms. The molecule has 2 aromatic rings. The Morgan fingerprint density at radius 3 is 2.36 bits per heavy atom. The highest BCUT2D eigenvalue weighted by atomic mass is 32.2. The van der Waals surface area contributed by atoms with Crippen molar-refractivity contribution in [1.29, 1.82) is 0 Å². The van der Waals surface area contributed by atoms with Crippen LogP contribution >= 0.6 is 0 Å². The van der Waals surface area contributed by atoms with E-state index in [-0.39, 0.29) is 35.1 Å². The van der Waals surface area contributed by atoms with Gasteiger partial charge in [-0.15, -0.1) is 0 Å². The Morgan fingerprint density at radius 2 is 1.78 bits per heavy atom. The second-order valence-electron chi connectivity index (χ2n) is 10.2. The molecule has 1 amide bonds. The molecule has 0 spiro atoms. The minimum Gasteiger partial charge on any atom is -0.381 e. The lowest BCUT2D eigenvalue weighted by molar-refractivity contribution is -0.166. The molecule has 196 valence electrons. The second-order valence-corrected chi connectivity index (χ2v) is 12.0. The first kappa shape index (κ1) is 26.6. The molecule has 2 aromatic carbocycles. The van der Waals surface area contributed by atoms with Crippen molar-refractivity contribution in [3.05, 3.63) is 59.4 Å². The van der Waals surface area contributed by atoms with Gasteiger partial charge in [0.1, 0.15) is 11.4 Å². The van der Waals surface area contributed by atoms with Crippen molar-refractivity contribution in [2.75, 3.05) is 6.26 Å². The zero-order chi connectivity index (χ0) is 26.6. The summed E-state index contributed by atoms with van der Waals surface area (Å²) in [5.74, 6) is -1.40. The molecule has 3 aliphatic rings. The zero-order valence-corrected chi connectivity index (χ0v) is 20.8. The van der Waals surface area contributed by atoms with Crippen LogP contribution in [-0.4, -0.2) is 54.3 Å². The van der Waals surface area contributed by atoms with Gasteiger partial charge in [0.2, 0.25) is 10.0 Å². The van der Waals surface area contributed by atoms with E-state index >= 15 is 4.39 Å². The fraction of sp³-hybridized carbons (Fsp3) is 0.480. The molecular formula is C25H28F4N2O4S. The summed E-state index contributed by atoms with van der Waals surface area (Å²) in [5.41, 5.74) is -2.49. The summed E-state index contributed by atoms with van der Waals surface area (Å²) in [6.45, 7) is 2.68. The summed E-state index contributed by atoms with van der Waals surface area (Å²) in [7, 11) is -3.67. The number of fused-ring (bicyclic) bond motifs is 2. The molecule has 3 fully saturated rings. The maximum atomic E-state index is 15.7. The maximum Gasteiger partial charge on any atom is 0.416 e. The largest absolute Gasteiger partial charge is 0.416 e. The third-order valence-corrected chi connectivity index (χ3v) is 7.64. The van der Waals surface area contributed by atoms with Crippen LogP contribution in [0.5, 0.6) is 0 Å². The van der Waals surface area contributed by atoms with Gasteiger partial charge in [0.25, 0.3) is 5.91 Å². The molecule has 1 saturated carbocycles. The zero-order valence-electron chi connectivity index (χ0n) is 20.0. The molecule has 2 heterocycles. The minimum atomic E-state index is -4.59. The molecule has 0 radical (unpaired) electrons. The number of piperidine rings is 2. The lowest BCUT2D eigenvalue weighted by atomic mass is 9.66. The number of hydrogen-bond donors (Lipinski definition) is 2. The predicted octanol–water partition coefficient (Wildman–Crippen LogP) is 3.73. The third-order valence-electron chi connectivity index (χ3n) is 6.94. The van der Waals surface area contributed by atoms with E-state index in [0.29, 0.717) is 12.8 Å². The van der Waals surface area contributed by atoms with E-state index in [1.807, 2.05) is 0 Å². The summed E-state index contributed by atoms with van der Waals surface area (Å²) in [6, 6.07) is 7.01. The lowest BCUT2D eigenvalue weighted by Gasteiger charge is -2.58. The number of benzene rings is 2. The third kappa shape index (κ3) is 5.28. The Hall–Kier alpha value is -2.50. The van der Waals surface area contributed by atoms with Gasteiger partial charge >= 0.3 is 6.18 Å². The van der Waals surface area contributed by atoms with Crippen LogP contribution in [-0.2, 0) is 27.4 Å². The maximum absolute atomic E-state index is 15.7. The van der Waals surface area contributed by atoms with E-state index in [2.05, 4.69) is 4.72 Å². The van der Waals surface area contributed by atoms with Crippen molar-refractivity contribution in [2.45, 2.75) is 63.0 Å². The van der Waals surface area contributed by atoms with Crippen molar-refractivity contribution < 1.29 is 35.9 Å². The molecule has 6 nitrogen and oxygen atoms in total. The molecule has 5 rings (SSSR count). The van der Waals surface area contributed by atoms with E-state index in [1.165, 1.54) is 49.1 Å². The van der Waals surface area contributed by atoms with Gasteiger partial charge in [0.15, 0.2) is 0 Å². The van der Waals surface area contributed by atoms with Gasteiger partial charge in [-0.1, -0.05) is 30.3 Å². The number of alkyl halides is 3. The highest BCUT2D eigenvalue weighted by molar-refractivity contribution is 7.88. The SMILES string of the molecule is CC(C)(O)C(=O)N1C2CC(C2)[C@H](NS(C)(=O)=O)[C@@H]1Cc1cccc(-c2cccc(C(F)(F)F)c2)c1F. The number of amides is 1. The molecule has 2 aliphatic heterocycles. The van der Waals surface area contributed by atoms with Crippen LogP contribution in [0, 0.1) is 11.7 Å². The van der Waals surface area contributed by atoms with Crippen molar-refractivity contribution in [2.24, 2.45) is 5.92 Å². The lowest BCUT2D eigenvalue weighted by Crippen LogP contribution is -2.72. The van der Waals surface area contributed by atoms with Gasteiger partial charge in [-0.2, -0.15) is 13.2 Å². The molecule has 2 N–H and O–H groups in total. The van der Waals surface area contributed by atoms with Crippen LogP contribution in [0.15, 0.2) is 42.5 Å². The van der Waals surface area contributed by atoms with Crippen LogP contribution < -0.4 is 4.72 Å². The average molecular weight is 529 g/mol. The number of halogens is 4. The molecule has 2 saturated heterocycles. The van der Waals surface area contributed by atoms with Gasteiger partial charge in [0.05, 0.1) is 17.9 Å². The van der Waals surface area contributed by atoms with Crippen LogP contribution in [0.25, 0.3) is 11.1 Å². The number of carbonyl (C=O) groups is 1. The highest BCUT2D eigenvalue weighted by Crippen LogP contribution is 2.45. The first-order valence-electron chi connectivity index (χ1n) is 11.5. The quantitative estimate of drug-likeness (QED) is 0.560. The minimum absolute atomic E-state index is 0.0347. The molecule has 0 unspecified atom stereocenters. The Bertz CT molecular complexity index is 1270. The normalized spacial score (nSPS) is 24.4. The van der Waals surface area contributed by atoms with Crippen molar-refractivity contribution in [3.63, 3.8) is 0 Å². The summed E-state index contributed by atoms with van der Waals surface area (Å²) >= 11 is 0. The van der Waals surface area contributed by atoms with Crippen molar-refractivity contribution >= 4 is 15.9 Å². The average Bonchev–Trinajstić information content (AvgIpc) is 2.72. The predicted molar refractivity (Wildman–Crippen MR) is 126 cm³/mol. The fourth-order valence-electron chi connectivity index (χ4n) is 5.24. The van der Waals surface area contributed by atoms with Crippen LogP contribution in [0.2, 0.25) is 0 Å². The van der Waals surface area contributed by atoms with Gasteiger partial charge in [-0.05, 0) is 62.3 Å². The number of aliphatic hydroxyl groups is 1. The summed E-state index contributed by atoms with van der Waals surface area (Å²) in [5, 5.41) is 10.4. The molecule has 2 atom stereocenters. The van der Waals surface area contributed by atoms with Crippen molar-refractivity contribution in [1.82, 2.24) is 9.62 Å².